The van der Waals surface area contributed by atoms with Gasteiger partial charge in [-0.15, -0.1) is 0 Å². The van der Waals surface area contributed by atoms with Crippen molar-refractivity contribution in [3.05, 3.63) is 53.3 Å². The molecule has 4 rings (SSSR count). The maximum atomic E-state index is 9.67. The van der Waals surface area contributed by atoms with E-state index in [0.717, 1.165) is 25.7 Å². The third-order valence-electron chi connectivity index (χ3n) is 5.17. The summed E-state index contributed by atoms with van der Waals surface area (Å²) in [6, 6.07) is 9.52. The molecule has 2 aliphatic rings. The lowest BCUT2D eigenvalue weighted by molar-refractivity contribution is 0.0220. The van der Waals surface area contributed by atoms with Crippen molar-refractivity contribution in [3.8, 4) is 0 Å². The highest BCUT2D eigenvalue weighted by Crippen LogP contribution is 2.39. The Hall–Kier alpha value is -1.65. The lowest BCUT2D eigenvalue weighted by Crippen LogP contribution is -2.43. The summed E-state index contributed by atoms with van der Waals surface area (Å²) < 4.78 is 1.86. The molecule has 0 unspecified atom stereocenters. The van der Waals surface area contributed by atoms with Gasteiger partial charge in [0.25, 0.3) is 0 Å². The van der Waals surface area contributed by atoms with Crippen molar-refractivity contribution in [2.24, 2.45) is 13.0 Å². The van der Waals surface area contributed by atoms with E-state index in [2.05, 4.69) is 40.9 Å². The van der Waals surface area contributed by atoms with Crippen molar-refractivity contribution >= 4 is 0 Å². The smallest absolute Gasteiger partial charge is 0.0547 e. The van der Waals surface area contributed by atoms with Crippen LogP contribution in [0.2, 0.25) is 0 Å². The van der Waals surface area contributed by atoms with Gasteiger partial charge in [0.1, 0.15) is 0 Å². The van der Waals surface area contributed by atoms with Crippen LogP contribution in [0.25, 0.3) is 0 Å². The number of aliphatic hydroxyl groups excluding tert-OH is 1. The average molecular weight is 297 g/mol. The Balaban J connectivity index is 1.50. The first-order valence-electron chi connectivity index (χ1n) is 8.18. The van der Waals surface area contributed by atoms with Crippen LogP contribution >= 0.6 is 0 Å². The van der Waals surface area contributed by atoms with Crippen molar-refractivity contribution in [3.63, 3.8) is 0 Å². The molecule has 0 bridgehead atoms. The normalized spacial score (nSPS) is 25.7. The maximum absolute atomic E-state index is 9.67. The van der Waals surface area contributed by atoms with Gasteiger partial charge in [-0.2, -0.15) is 5.10 Å². The van der Waals surface area contributed by atoms with Crippen LogP contribution in [0.15, 0.2) is 36.7 Å². The highest BCUT2D eigenvalue weighted by molar-refractivity contribution is 5.33. The van der Waals surface area contributed by atoms with Gasteiger partial charge in [0, 0.05) is 30.9 Å². The molecule has 1 aromatic carbocycles. The Kier molecular flexibility index (Phi) is 3.51. The molecule has 0 spiro atoms. The molecule has 116 valence electrons. The lowest BCUT2D eigenvalue weighted by atomic mass is 9.75. The average Bonchev–Trinajstić information content (AvgIpc) is 3.07. The van der Waals surface area contributed by atoms with Gasteiger partial charge in [0.05, 0.1) is 12.3 Å². The van der Waals surface area contributed by atoms with E-state index in [4.69, 9.17) is 0 Å². The molecule has 4 nitrogen and oxygen atoms in total. The van der Waals surface area contributed by atoms with Gasteiger partial charge in [-0.1, -0.05) is 24.3 Å². The summed E-state index contributed by atoms with van der Waals surface area (Å²) in [5.41, 5.74) is 4.19. The summed E-state index contributed by atoms with van der Waals surface area (Å²) >= 11 is 0. The van der Waals surface area contributed by atoms with Gasteiger partial charge < -0.3 is 10.4 Å². The molecular formula is C18H23N3O. The number of aliphatic hydroxyl groups is 1. The van der Waals surface area contributed by atoms with Crippen LogP contribution in [0, 0.1) is 5.92 Å². The number of nitrogens with one attached hydrogen (secondary N) is 1. The highest BCUT2D eigenvalue weighted by atomic mass is 16.3. The Labute approximate surface area is 131 Å². The molecule has 1 aromatic heterocycles. The molecule has 1 heterocycles. The second-order valence-corrected chi connectivity index (χ2v) is 6.85. The minimum Gasteiger partial charge on any atom is -0.393 e. The van der Waals surface area contributed by atoms with Crippen LogP contribution in [0.1, 0.15) is 35.6 Å². The fourth-order valence-corrected chi connectivity index (χ4v) is 3.94. The zero-order valence-corrected chi connectivity index (χ0v) is 12.9. The number of hydrogen-bond donors (Lipinski definition) is 2. The van der Waals surface area contributed by atoms with Gasteiger partial charge in [-0.25, -0.2) is 0 Å². The van der Waals surface area contributed by atoms with Crippen molar-refractivity contribution in [1.82, 2.24) is 15.1 Å². The Morgan fingerprint density at radius 2 is 1.91 bits per heavy atom. The Morgan fingerprint density at radius 3 is 2.45 bits per heavy atom. The van der Waals surface area contributed by atoms with E-state index < -0.39 is 0 Å². The topological polar surface area (TPSA) is 50.1 Å². The van der Waals surface area contributed by atoms with E-state index in [9.17, 15) is 5.11 Å². The molecule has 1 fully saturated rings. The molecule has 4 heteroatoms. The molecule has 0 radical (unpaired) electrons. The first-order valence-corrected chi connectivity index (χ1v) is 8.18. The van der Waals surface area contributed by atoms with Gasteiger partial charge in [-0.3, -0.25) is 4.68 Å². The molecule has 2 N–H and O–H groups in total. The summed E-state index contributed by atoms with van der Waals surface area (Å²) in [7, 11) is 1.96. The van der Waals surface area contributed by atoms with E-state index in [1.807, 2.05) is 17.9 Å². The number of fused-ring (bicyclic) bond motifs is 1. The van der Waals surface area contributed by atoms with E-state index in [1.165, 1.54) is 16.7 Å². The number of hydrogen-bond acceptors (Lipinski definition) is 3. The first kappa shape index (κ1) is 14.0. The molecule has 0 amide bonds. The predicted molar refractivity (Wildman–Crippen MR) is 85.5 cm³/mol. The van der Waals surface area contributed by atoms with Crippen molar-refractivity contribution in [1.29, 1.82) is 0 Å². The zero-order chi connectivity index (χ0) is 15.1. The molecule has 22 heavy (non-hydrogen) atoms. The predicted octanol–water partition coefficient (Wildman–Crippen LogP) is 1.99. The van der Waals surface area contributed by atoms with E-state index in [0.29, 0.717) is 18.0 Å². The van der Waals surface area contributed by atoms with E-state index in [1.54, 1.807) is 0 Å². The molecule has 2 aromatic rings. The van der Waals surface area contributed by atoms with Gasteiger partial charge >= 0.3 is 0 Å². The molecule has 0 saturated heterocycles. The van der Waals surface area contributed by atoms with Crippen LogP contribution in [0.5, 0.6) is 0 Å². The number of aromatic nitrogens is 2. The second-order valence-electron chi connectivity index (χ2n) is 6.85. The summed E-state index contributed by atoms with van der Waals surface area (Å²) in [6.45, 7) is 0. The second kappa shape index (κ2) is 5.52. The monoisotopic (exact) mass is 297 g/mol. The number of rotatable bonds is 4. The van der Waals surface area contributed by atoms with Crippen LogP contribution in [-0.4, -0.2) is 27.0 Å². The first-order chi connectivity index (χ1) is 10.7. The third-order valence-corrected chi connectivity index (χ3v) is 5.17. The molecule has 1 atom stereocenters. The Bertz CT molecular complexity index is 635. The molecular weight excluding hydrogens is 274 g/mol. The largest absolute Gasteiger partial charge is 0.393 e. The van der Waals surface area contributed by atoms with Crippen LogP contribution in [-0.2, 0) is 19.9 Å². The molecule has 0 aliphatic heterocycles. The number of benzene rings is 1. The highest BCUT2D eigenvalue weighted by Gasteiger charge is 2.37. The van der Waals surface area contributed by atoms with Gasteiger partial charge in [0.2, 0.25) is 0 Å². The zero-order valence-electron chi connectivity index (χ0n) is 12.9. The van der Waals surface area contributed by atoms with Crippen LogP contribution in [0.3, 0.4) is 0 Å². The summed E-state index contributed by atoms with van der Waals surface area (Å²) in [5.74, 6) is 0.517. The van der Waals surface area contributed by atoms with Crippen LogP contribution in [0.4, 0.5) is 0 Å². The summed E-state index contributed by atoms with van der Waals surface area (Å²) in [4.78, 5) is 0. The molecule has 2 aliphatic carbocycles. The van der Waals surface area contributed by atoms with E-state index in [-0.39, 0.29) is 6.10 Å². The van der Waals surface area contributed by atoms with Crippen molar-refractivity contribution in [2.45, 2.75) is 43.9 Å². The summed E-state index contributed by atoms with van der Waals surface area (Å²) in [5, 5.41) is 17.8. The van der Waals surface area contributed by atoms with Crippen molar-refractivity contribution in [2.75, 3.05) is 0 Å². The Morgan fingerprint density at radius 1 is 1.23 bits per heavy atom. The minimum atomic E-state index is -0.119. The fraction of sp³-hybridized carbons (Fsp3) is 0.500. The van der Waals surface area contributed by atoms with Gasteiger partial charge in [0.15, 0.2) is 0 Å². The third kappa shape index (κ3) is 2.57. The maximum Gasteiger partial charge on any atom is 0.0547 e. The summed E-state index contributed by atoms with van der Waals surface area (Å²) in [6.07, 6.45) is 7.93. The number of nitrogens with zero attached hydrogens (tertiary/aromatic N) is 2. The fourth-order valence-electron chi connectivity index (χ4n) is 3.94. The van der Waals surface area contributed by atoms with E-state index >= 15 is 0 Å². The number of aryl methyl sites for hydroxylation is 1. The molecule has 1 saturated carbocycles. The van der Waals surface area contributed by atoms with Crippen LogP contribution < -0.4 is 5.32 Å². The van der Waals surface area contributed by atoms with Crippen molar-refractivity contribution < 1.29 is 5.11 Å². The minimum absolute atomic E-state index is 0.119. The lowest BCUT2D eigenvalue weighted by Gasteiger charge is -2.39. The quantitative estimate of drug-likeness (QED) is 0.907. The standard InChI is InChI=1S/C18H23N3O/c1-21-11-15(10-19-21)18(14-8-17(22)9-14)20-16-6-12-4-2-3-5-13(12)7-16/h2-5,10-11,14,16-18,20,22H,6-9H2,1H3/t14?,17?,18-/m1/s1. The van der Waals surface area contributed by atoms with Gasteiger partial charge in [-0.05, 0) is 42.7 Å². The SMILES string of the molecule is Cn1cc([C@H](NC2Cc3ccccc3C2)C2CC(O)C2)cn1.